The van der Waals surface area contributed by atoms with Crippen LogP contribution >= 0.6 is 11.3 Å². The second-order valence-corrected chi connectivity index (χ2v) is 6.32. The molecular weight excluding hydrogens is 294 g/mol. The lowest BCUT2D eigenvalue weighted by atomic mass is 10.1. The van der Waals surface area contributed by atoms with Gasteiger partial charge in [-0.1, -0.05) is 11.3 Å². The van der Waals surface area contributed by atoms with E-state index in [9.17, 15) is 15.0 Å². The van der Waals surface area contributed by atoms with Crippen LogP contribution in [0.2, 0.25) is 0 Å². The third-order valence-corrected chi connectivity index (χ3v) is 4.71. The fourth-order valence-corrected chi connectivity index (χ4v) is 3.53. The number of aliphatic hydroxyl groups is 2. The van der Waals surface area contributed by atoms with Crippen molar-refractivity contribution in [3.8, 4) is 0 Å². The van der Waals surface area contributed by atoms with Crippen LogP contribution in [0.15, 0.2) is 4.79 Å². The first-order valence-corrected chi connectivity index (χ1v) is 7.58. The molecule has 114 valence electrons. The molecule has 1 saturated heterocycles. The molecule has 0 amide bonds. The second-order valence-electron chi connectivity index (χ2n) is 5.36. The summed E-state index contributed by atoms with van der Waals surface area (Å²) in [7, 11) is 0. The van der Waals surface area contributed by atoms with Crippen LogP contribution in [0.25, 0.3) is 10.3 Å². The first-order valence-electron chi connectivity index (χ1n) is 6.76. The first kappa shape index (κ1) is 14.6. The average molecular weight is 311 g/mol. The number of rotatable bonds is 2. The van der Waals surface area contributed by atoms with Gasteiger partial charge in [-0.25, -0.2) is 9.97 Å². The standard InChI is InChI=1S/C13H17N3O4S/c1-5-10-11(15-7(3)14-5)16(13(19)21-10)12-8(18)4-9(20-12)6(2)17/h6,8-9,12,17-18H,4H2,1-3H3/t6?,8-,9+,12-/m1/s1. The van der Waals surface area contributed by atoms with Crippen LogP contribution in [0.3, 0.4) is 0 Å². The summed E-state index contributed by atoms with van der Waals surface area (Å²) in [5, 5.41) is 19.8. The molecule has 7 nitrogen and oxygen atoms in total. The molecule has 1 aliphatic rings. The SMILES string of the molecule is Cc1nc(C)c2sc(=O)n([C@@H]3O[C@H](C(C)O)C[C@H]3O)c2n1. The predicted octanol–water partition coefficient (Wildman–Crippen LogP) is 0.499. The van der Waals surface area contributed by atoms with Crippen molar-refractivity contribution in [3.63, 3.8) is 0 Å². The summed E-state index contributed by atoms with van der Waals surface area (Å²) in [4.78, 5) is 20.6. The zero-order valence-corrected chi connectivity index (χ0v) is 12.8. The smallest absolute Gasteiger partial charge is 0.311 e. The van der Waals surface area contributed by atoms with Gasteiger partial charge in [0.15, 0.2) is 11.9 Å². The van der Waals surface area contributed by atoms with Gasteiger partial charge in [-0.2, -0.15) is 0 Å². The van der Waals surface area contributed by atoms with Crippen molar-refractivity contribution in [3.05, 3.63) is 21.2 Å². The number of hydrogen-bond donors (Lipinski definition) is 2. The first-order chi connectivity index (χ1) is 9.88. The summed E-state index contributed by atoms with van der Waals surface area (Å²) in [6.45, 7) is 5.18. The van der Waals surface area contributed by atoms with Gasteiger partial charge in [-0.15, -0.1) is 0 Å². The van der Waals surface area contributed by atoms with Gasteiger partial charge in [-0.05, 0) is 20.8 Å². The van der Waals surface area contributed by atoms with E-state index in [2.05, 4.69) is 9.97 Å². The number of ether oxygens (including phenoxy) is 1. The molecule has 0 aromatic carbocycles. The maximum absolute atomic E-state index is 12.3. The van der Waals surface area contributed by atoms with Gasteiger partial charge < -0.3 is 14.9 Å². The minimum atomic E-state index is -0.851. The highest BCUT2D eigenvalue weighted by atomic mass is 32.1. The second kappa shape index (κ2) is 5.13. The molecule has 21 heavy (non-hydrogen) atoms. The van der Waals surface area contributed by atoms with Gasteiger partial charge in [0, 0.05) is 6.42 Å². The van der Waals surface area contributed by atoms with Gasteiger partial charge in [0.05, 0.1) is 22.6 Å². The van der Waals surface area contributed by atoms with Crippen LogP contribution in [0.4, 0.5) is 0 Å². The zero-order valence-electron chi connectivity index (χ0n) is 12.0. The highest BCUT2D eigenvalue weighted by molar-refractivity contribution is 7.16. The Kier molecular flexibility index (Phi) is 3.56. The Morgan fingerprint density at radius 2 is 2.14 bits per heavy atom. The number of fused-ring (bicyclic) bond motifs is 1. The summed E-state index contributed by atoms with van der Waals surface area (Å²) < 4.78 is 7.72. The highest BCUT2D eigenvalue weighted by Crippen LogP contribution is 2.32. The Labute approximate surface area is 124 Å². The van der Waals surface area contributed by atoms with E-state index in [0.29, 0.717) is 16.2 Å². The largest absolute Gasteiger partial charge is 0.391 e. The van der Waals surface area contributed by atoms with E-state index in [1.165, 1.54) is 4.57 Å². The monoisotopic (exact) mass is 311 g/mol. The molecular formula is C13H17N3O4S. The molecule has 0 bridgehead atoms. The summed E-state index contributed by atoms with van der Waals surface area (Å²) in [5.74, 6) is 0.561. The van der Waals surface area contributed by atoms with E-state index in [1.54, 1.807) is 13.8 Å². The zero-order chi connectivity index (χ0) is 15.3. The maximum atomic E-state index is 12.3. The molecule has 0 spiro atoms. The summed E-state index contributed by atoms with van der Waals surface area (Å²) in [6, 6.07) is 0. The topological polar surface area (TPSA) is 97.5 Å². The fraction of sp³-hybridized carbons (Fsp3) is 0.615. The van der Waals surface area contributed by atoms with Crippen molar-refractivity contribution < 1.29 is 14.9 Å². The maximum Gasteiger partial charge on any atom is 0.311 e. The highest BCUT2D eigenvalue weighted by Gasteiger charge is 2.39. The van der Waals surface area contributed by atoms with Crippen LogP contribution < -0.4 is 4.87 Å². The van der Waals surface area contributed by atoms with E-state index in [1.807, 2.05) is 6.92 Å². The van der Waals surface area contributed by atoms with Crippen LogP contribution in [0.5, 0.6) is 0 Å². The molecule has 8 heteroatoms. The summed E-state index contributed by atoms with van der Waals surface area (Å²) in [5.41, 5.74) is 1.21. The van der Waals surface area contributed by atoms with Gasteiger partial charge in [0.25, 0.3) is 0 Å². The predicted molar refractivity (Wildman–Crippen MR) is 77.4 cm³/mol. The molecule has 0 saturated carbocycles. The Bertz CT molecular complexity index is 739. The minimum Gasteiger partial charge on any atom is -0.391 e. The van der Waals surface area contributed by atoms with Crippen molar-refractivity contribution in [2.24, 2.45) is 0 Å². The van der Waals surface area contributed by atoms with Crippen molar-refractivity contribution in [2.75, 3.05) is 0 Å². The van der Waals surface area contributed by atoms with Crippen LogP contribution in [-0.2, 0) is 4.74 Å². The van der Waals surface area contributed by atoms with Gasteiger partial charge in [0.1, 0.15) is 11.9 Å². The van der Waals surface area contributed by atoms with Gasteiger partial charge in [-0.3, -0.25) is 9.36 Å². The van der Waals surface area contributed by atoms with E-state index in [-0.39, 0.29) is 11.3 Å². The third kappa shape index (κ3) is 2.38. The molecule has 2 N–H and O–H groups in total. The van der Waals surface area contributed by atoms with Crippen LogP contribution in [0, 0.1) is 13.8 Å². The molecule has 0 aliphatic carbocycles. The van der Waals surface area contributed by atoms with E-state index < -0.39 is 24.5 Å². The number of aliphatic hydroxyl groups excluding tert-OH is 2. The van der Waals surface area contributed by atoms with Crippen molar-refractivity contribution in [2.45, 2.75) is 51.7 Å². The Hall–Kier alpha value is -1.35. The van der Waals surface area contributed by atoms with Crippen molar-refractivity contribution in [1.82, 2.24) is 14.5 Å². The minimum absolute atomic E-state index is 0.247. The number of aryl methyl sites for hydroxylation is 2. The molecule has 3 heterocycles. The van der Waals surface area contributed by atoms with Crippen LogP contribution in [0.1, 0.15) is 31.1 Å². The lowest BCUT2D eigenvalue weighted by molar-refractivity contribution is -0.0701. The number of hydrogen-bond acceptors (Lipinski definition) is 7. The molecule has 3 rings (SSSR count). The lowest BCUT2D eigenvalue weighted by Crippen LogP contribution is -2.27. The molecule has 4 atom stereocenters. The molecule has 1 aliphatic heterocycles. The molecule has 1 fully saturated rings. The van der Waals surface area contributed by atoms with E-state index in [4.69, 9.17) is 4.74 Å². The van der Waals surface area contributed by atoms with Crippen molar-refractivity contribution >= 4 is 21.7 Å². The summed E-state index contributed by atoms with van der Waals surface area (Å²) >= 11 is 1.04. The van der Waals surface area contributed by atoms with Crippen molar-refractivity contribution in [1.29, 1.82) is 0 Å². The van der Waals surface area contributed by atoms with Crippen LogP contribution in [-0.4, -0.2) is 43.1 Å². The summed E-state index contributed by atoms with van der Waals surface area (Å²) in [6.07, 6.45) is -2.58. The number of aromatic nitrogens is 3. The lowest BCUT2D eigenvalue weighted by Gasteiger charge is -2.17. The third-order valence-electron chi connectivity index (χ3n) is 3.65. The Morgan fingerprint density at radius 3 is 2.76 bits per heavy atom. The van der Waals surface area contributed by atoms with Gasteiger partial charge in [0.2, 0.25) is 0 Å². The quantitative estimate of drug-likeness (QED) is 0.838. The normalized spacial score (nSPS) is 27.4. The van der Waals surface area contributed by atoms with E-state index >= 15 is 0 Å². The van der Waals surface area contributed by atoms with Gasteiger partial charge >= 0.3 is 4.87 Å². The average Bonchev–Trinajstić information content (AvgIpc) is 2.90. The number of thiazole rings is 1. The van der Waals surface area contributed by atoms with E-state index in [0.717, 1.165) is 17.0 Å². The molecule has 0 radical (unpaired) electrons. The number of nitrogens with zero attached hydrogens (tertiary/aromatic N) is 3. The molecule has 2 aromatic rings. The molecule has 2 aromatic heterocycles. The fourth-order valence-electron chi connectivity index (χ4n) is 2.64. The Balaban J connectivity index is 2.13. The molecule has 1 unspecified atom stereocenters. The Morgan fingerprint density at radius 1 is 1.43 bits per heavy atom.